The fourth-order valence-electron chi connectivity index (χ4n) is 4.38. The summed E-state index contributed by atoms with van der Waals surface area (Å²) in [6, 6.07) is 8.54. The molecule has 2 fully saturated rings. The summed E-state index contributed by atoms with van der Waals surface area (Å²) in [5, 5.41) is 3.27. The van der Waals surface area contributed by atoms with Gasteiger partial charge in [0.15, 0.2) is 5.41 Å². The molecule has 0 radical (unpaired) electrons. The standard InChI is InChI=1S/C23H30N2O6/c1-22(2,3)31-21(28)24-14-13-17-15-23(19(26)29-4,20(27)30-5)18(25(17)24)12-11-16-9-7-6-8-10-16/h6-12,17-18H,13-15H2,1-5H3/b12-11+/t17-,18-/m0/s1. The molecular weight excluding hydrogens is 400 g/mol. The number of carbonyl (C=O) groups excluding carboxylic acids is 3. The first-order valence-corrected chi connectivity index (χ1v) is 10.3. The van der Waals surface area contributed by atoms with Crippen molar-refractivity contribution in [2.45, 2.75) is 51.3 Å². The molecule has 8 heteroatoms. The Morgan fingerprint density at radius 1 is 1.06 bits per heavy atom. The van der Waals surface area contributed by atoms with E-state index in [4.69, 9.17) is 14.2 Å². The number of nitrogens with zero attached hydrogens (tertiary/aromatic N) is 2. The molecule has 2 atom stereocenters. The average molecular weight is 431 g/mol. The van der Waals surface area contributed by atoms with Crippen LogP contribution in [0.15, 0.2) is 36.4 Å². The monoisotopic (exact) mass is 430 g/mol. The largest absolute Gasteiger partial charge is 0.468 e. The van der Waals surface area contributed by atoms with Crippen LogP contribution in [0.2, 0.25) is 0 Å². The summed E-state index contributed by atoms with van der Waals surface area (Å²) in [6.07, 6.45) is 3.88. The van der Waals surface area contributed by atoms with Gasteiger partial charge in [-0.15, -0.1) is 0 Å². The van der Waals surface area contributed by atoms with Crippen molar-refractivity contribution in [3.8, 4) is 0 Å². The first-order chi connectivity index (χ1) is 14.6. The Labute approximate surface area is 182 Å². The predicted octanol–water partition coefficient (Wildman–Crippen LogP) is 3.03. The van der Waals surface area contributed by atoms with Gasteiger partial charge in [-0.1, -0.05) is 42.5 Å². The maximum atomic E-state index is 13.0. The summed E-state index contributed by atoms with van der Waals surface area (Å²) >= 11 is 0. The molecule has 2 aliphatic rings. The minimum Gasteiger partial charge on any atom is -0.468 e. The van der Waals surface area contributed by atoms with Crippen molar-refractivity contribution in [2.75, 3.05) is 20.8 Å². The van der Waals surface area contributed by atoms with E-state index < -0.39 is 35.1 Å². The zero-order valence-electron chi connectivity index (χ0n) is 18.7. The zero-order chi connectivity index (χ0) is 22.8. The van der Waals surface area contributed by atoms with Crippen LogP contribution >= 0.6 is 0 Å². The van der Waals surface area contributed by atoms with Gasteiger partial charge in [0, 0.05) is 12.6 Å². The van der Waals surface area contributed by atoms with E-state index in [0.717, 1.165) is 5.56 Å². The highest BCUT2D eigenvalue weighted by Crippen LogP contribution is 2.48. The average Bonchev–Trinajstić information content (AvgIpc) is 3.28. The van der Waals surface area contributed by atoms with Crippen LogP contribution in [0.5, 0.6) is 0 Å². The second-order valence-electron chi connectivity index (χ2n) is 8.80. The molecule has 0 bridgehead atoms. The summed E-state index contributed by atoms with van der Waals surface area (Å²) < 4.78 is 15.7. The van der Waals surface area contributed by atoms with Gasteiger partial charge in [-0.3, -0.25) is 9.59 Å². The van der Waals surface area contributed by atoms with E-state index >= 15 is 0 Å². The summed E-state index contributed by atoms with van der Waals surface area (Å²) in [5.41, 5.74) is -1.36. The third-order valence-electron chi connectivity index (χ3n) is 5.65. The van der Waals surface area contributed by atoms with Gasteiger partial charge in [0.2, 0.25) is 0 Å². The summed E-state index contributed by atoms with van der Waals surface area (Å²) in [5.74, 6) is -1.36. The molecular formula is C23H30N2O6. The number of carbonyl (C=O) groups is 3. The van der Waals surface area contributed by atoms with E-state index in [1.165, 1.54) is 19.2 Å². The van der Waals surface area contributed by atoms with Crippen LogP contribution in [0.3, 0.4) is 0 Å². The number of hydrazine groups is 1. The lowest BCUT2D eigenvalue weighted by atomic mass is 9.78. The second-order valence-corrected chi connectivity index (χ2v) is 8.80. The quantitative estimate of drug-likeness (QED) is 0.412. The highest BCUT2D eigenvalue weighted by atomic mass is 16.6. The van der Waals surface area contributed by atoms with Crippen molar-refractivity contribution in [1.29, 1.82) is 0 Å². The molecule has 1 aromatic rings. The number of methoxy groups -OCH3 is 2. The van der Waals surface area contributed by atoms with Crippen molar-refractivity contribution in [2.24, 2.45) is 5.41 Å². The first kappa shape index (κ1) is 22.8. The Morgan fingerprint density at radius 2 is 1.68 bits per heavy atom. The van der Waals surface area contributed by atoms with E-state index in [2.05, 4.69) is 0 Å². The summed E-state index contributed by atoms with van der Waals surface area (Å²) in [7, 11) is 2.50. The molecule has 1 amide bonds. The van der Waals surface area contributed by atoms with Crippen LogP contribution in [0, 0.1) is 5.41 Å². The van der Waals surface area contributed by atoms with Gasteiger partial charge in [0.1, 0.15) is 5.60 Å². The van der Waals surface area contributed by atoms with E-state index in [1.807, 2.05) is 36.4 Å². The fraction of sp³-hybridized carbons (Fsp3) is 0.522. The normalized spacial score (nSPS) is 22.9. The van der Waals surface area contributed by atoms with Gasteiger partial charge in [0.05, 0.1) is 20.3 Å². The Hall–Kier alpha value is -2.87. The molecule has 0 aliphatic carbocycles. The molecule has 3 rings (SSSR count). The van der Waals surface area contributed by atoms with E-state index in [1.54, 1.807) is 31.9 Å². The molecule has 0 saturated carbocycles. The molecule has 0 unspecified atom stereocenters. The SMILES string of the molecule is COC(=O)C1(C(=O)OC)C[C@@H]2CCN(C(=O)OC(C)(C)C)N2[C@H]1/C=C/c1ccccc1. The highest BCUT2D eigenvalue weighted by molar-refractivity contribution is 6.02. The van der Waals surface area contributed by atoms with Crippen molar-refractivity contribution >= 4 is 24.1 Å². The van der Waals surface area contributed by atoms with Gasteiger partial charge in [-0.05, 0) is 39.2 Å². The van der Waals surface area contributed by atoms with Crippen molar-refractivity contribution in [1.82, 2.24) is 10.0 Å². The van der Waals surface area contributed by atoms with Gasteiger partial charge < -0.3 is 14.2 Å². The van der Waals surface area contributed by atoms with Gasteiger partial charge in [0.25, 0.3) is 0 Å². The van der Waals surface area contributed by atoms with Crippen LogP contribution in [0.1, 0.15) is 39.2 Å². The topological polar surface area (TPSA) is 85.4 Å². The smallest absolute Gasteiger partial charge is 0.425 e. The Balaban J connectivity index is 2.05. The lowest BCUT2D eigenvalue weighted by molar-refractivity contribution is -0.171. The van der Waals surface area contributed by atoms with Gasteiger partial charge in [-0.2, -0.15) is 0 Å². The van der Waals surface area contributed by atoms with Crippen LogP contribution in [0.25, 0.3) is 6.08 Å². The van der Waals surface area contributed by atoms with Gasteiger partial charge in [-0.25, -0.2) is 14.8 Å². The van der Waals surface area contributed by atoms with Crippen LogP contribution in [-0.2, 0) is 23.8 Å². The second kappa shape index (κ2) is 8.70. The molecule has 2 saturated heterocycles. The third-order valence-corrected chi connectivity index (χ3v) is 5.65. The molecule has 0 aromatic heterocycles. The molecule has 2 aliphatic heterocycles. The van der Waals surface area contributed by atoms with Crippen LogP contribution in [0.4, 0.5) is 4.79 Å². The Kier molecular flexibility index (Phi) is 6.40. The van der Waals surface area contributed by atoms with Crippen LogP contribution in [-0.4, -0.2) is 66.5 Å². The van der Waals surface area contributed by atoms with Gasteiger partial charge >= 0.3 is 18.0 Å². The first-order valence-electron chi connectivity index (χ1n) is 10.3. The molecule has 0 N–H and O–H groups in total. The minimum absolute atomic E-state index is 0.190. The van der Waals surface area contributed by atoms with E-state index in [9.17, 15) is 14.4 Å². The third kappa shape index (κ3) is 4.30. The zero-order valence-corrected chi connectivity index (χ0v) is 18.7. The van der Waals surface area contributed by atoms with E-state index in [-0.39, 0.29) is 12.5 Å². The maximum absolute atomic E-state index is 13.0. The number of benzene rings is 1. The lowest BCUT2D eigenvalue weighted by Gasteiger charge is -2.36. The number of hydrogen-bond acceptors (Lipinski definition) is 7. The van der Waals surface area contributed by atoms with Crippen molar-refractivity contribution in [3.05, 3.63) is 42.0 Å². The molecule has 0 spiro atoms. The lowest BCUT2D eigenvalue weighted by Crippen LogP contribution is -2.55. The number of ether oxygens (including phenoxy) is 3. The number of amides is 1. The molecule has 1 aromatic carbocycles. The van der Waals surface area contributed by atoms with Crippen molar-refractivity contribution < 1.29 is 28.6 Å². The molecule has 2 heterocycles. The maximum Gasteiger partial charge on any atom is 0.425 e. The Bertz CT molecular complexity index is 845. The van der Waals surface area contributed by atoms with E-state index in [0.29, 0.717) is 13.0 Å². The fourth-order valence-corrected chi connectivity index (χ4v) is 4.38. The predicted molar refractivity (Wildman–Crippen MR) is 114 cm³/mol. The van der Waals surface area contributed by atoms with Crippen molar-refractivity contribution in [3.63, 3.8) is 0 Å². The highest BCUT2D eigenvalue weighted by Gasteiger charge is 2.65. The number of rotatable bonds is 4. The molecule has 31 heavy (non-hydrogen) atoms. The minimum atomic E-state index is -1.58. The number of esters is 2. The number of hydrogen-bond donors (Lipinski definition) is 0. The Morgan fingerprint density at radius 3 is 2.23 bits per heavy atom. The molecule has 168 valence electrons. The molecule has 8 nitrogen and oxygen atoms in total. The summed E-state index contributed by atoms with van der Waals surface area (Å²) in [6.45, 7) is 5.82. The summed E-state index contributed by atoms with van der Waals surface area (Å²) in [4.78, 5) is 38.9. The van der Waals surface area contributed by atoms with Crippen LogP contribution < -0.4 is 0 Å². The number of fused-ring (bicyclic) bond motifs is 1.